The first kappa shape index (κ1) is 21.0. The van der Waals surface area contributed by atoms with E-state index in [-0.39, 0.29) is 5.91 Å². The summed E-state index contributed by atoms with van der Waals surface area (Å²) in [4.78, 5) is 16.2. The molecule has 0 unspecified atom stereocenters. The minimum absolute atomic E-state index is 0.257. The molecule has 0 spiro atoms. The number of nitrogens with one attached hydrogen (secondary N) is 1. The van der Waals surface area contributed by atoms with Crippen molar-refractivity contribution in [2.24, 2.45) is 5.92 Å². The summed E-state index contributed by atoms with van der Waals surface area (Å²) in [6.45, 7) is 5.23. The van der Waals surface area contributed by atoms with Crippen molar-refractivity contribution in [2.45, 2.75) is 19.9 Å². The second-order valence-electron chi connectivity index (χ2n) is 7.38. The van der Waals surface area contributed by atoms with Crippen LogP contribution < -0.4 is 14.2 Å². The van der Waals surface area contributed by atoms with Gasteiger partial charge in [-0.3, -0.25) is 9.89 Å². The highest BCUT2D eigenvalue weighted by Crippen LogP contribution is 2.41. The van der Waals surface area contributed by atoms with Crippen molar-refractivity contribution in [1.82, 2.24) is 20.0 Å². The fraction of sp³-hybridized carbons (Fsp3) is 0.524. The predicted octanol–water partition coefficient (Wildman–Crippen LogP) is 2.40. The Balaban J connectivity index is 1.77. The standard InChI is InChI=1S/C21H30N4O4/c1-6-25-12-14(7-19(25)26)11-24(2)13-16-10-22-23-20(16)15-8-17(27-3)21(29-5)18(9-15)28-4/h8-10,14H,6-7,11-13H2,1-5H3,(H,22,23)/t14-/m0/s1. The average Bonchev–Trinajstić information content (AvgIpc) is 3.32. The van der Waals surface area contributed by atoms with Gasteiger partial charge in [0.1, 0.15) is 0 Å². The maximum Gasteiger partial charge on any atom is 0.222 e. The van der Waals surface area contributed by atoms with Gasteiger partial charge in [0.2, 0.25) is 11.7 Å². The Bertz CT molecular complexity index is 826. The molecular formula is C21H30N4O4. The van der Waals surface area contributed by atoms with E-state index < -0.39 is 0 Å². The summed E-state index contributed by atoms with van der Waals surface area (Å²) in [6.07, 6.45) is 2.47. The molecule has 1 atom stereocenters. The van der Waals surface area contributed by atoms with Gasteiger partial charge >= 0.3 is 0 Å². The second kappa shape index (κ2) is 9.17. The van der Waals surface area contributed by atoms with E-state index in [2.05, 4.69) is 22.1 Å². The van der Waals surface area contributed by atoms with E-state index in [9.17, 15) is 4.79 Å². The lowest BCUT2D eigenvalue weighted by atomic mass is 10.1. The Morgan fingerprint density at radius 3 is 2.45 bits per heavy atom. The Morgan fingerprint density at radius 1 is 1.21 bits per heavy atom. The molecule has 1 saturated heterocycles. The molecule has 1 aliphatic rings. The lowest BCUT2D eigenvalue weighted by Crippen LogP contribution is -2.28. The number of carbonyl (C=O) groups is 1. The first-order valence-electron chi connectivity index (χ1n) is 9.79. The SMILES string of the molecule is CCN1C[C@H](CN(C)Cc2cn[nH]c2-c2cc(OC)c(OC)c(OC)c2)CC1=O. The minimum Gasteiger partial charge on any atom is -0.493 e. The molecule has 8 nitrogen and oxygen atoms in total. The number of benzene rings is 1. The van der Waals surface area contributed by atoms with Crippen molar-refractivity contribution in [3.05, 3.63) is 23.9 Å². The largest absolute Gasteiger partial charge is 0.493 e. The normalized spacial score (nSPS) is 16.6. The van der Waals surface area contributed by atoms with Gasteiger partial charge in [-0.2, -0.15) is 5.10 Å². The number of methoxy groups -OCH3 is 3. The molecule has 2 aromatic rings. The third-order valence-electron chi connectivity index (χ3n) is 5.36. The number of likely N-dealkylation sites (tertiary alicyclic amines) is 1. The van der Waals surface area contributed by atoms with Gasteiger partial charge in [0, 0.05) is 43.7 Å². The van der Waals surface area contributed by atoms with Gasteiger partial charge in [-0.1, -0.05) is 0 Å². The molecule has 2 heterocycles. The van der Waals surface area contributed by atoms with Crippen molar-refractivity contribution >= 4 is 5.91 Å². The Morgan fingerprint density at radius 2 is 1.90 bits per heavy atom. The fourth-order valence-corrected chi connectivity index (χ4v) is 3.98. The zero-order valence-corrected chi connectivity index (χ0v) is 17.8. The number of nitrogens with zero attached hydrogens (tertiary/aromatic N) is 3. The van der Waals surface area contributed by atoms with E-state index in [1.165, 1.54) is 0 Å². The monoisotopic (exact) mass is 402 g/mol. The molecule has 0 aliphatic carbocycles. The fourth-order valence-electron chi connectivity index (χ4n) is 3.98. The highest BCUT2D eigenvalue weighted by Gasteiger charge is 2.29. The maximum atomic E-state index is 12.0. The lowest BCUT2D eigenvalue weighted by molar-refractivity contribution is -0.127. The van der Waals surface area contributed by atoms with Crippen LogP contribution in [0, 0.1) is 5.92 Å². The highest BCUT2D eigenvalue weighted by molar-refractivity contribution is 5.78. The van der Waals surface area contributed by atoms with Gasteiger partial charge in [0.15, 0.2) is 11.5 Å². The number of carbonyl (C=O) groups excluding carboxylic acids is 1. The van der Waals surface area contributed by atoms with Crippen LogP contribution in [0.25, 0.3) is 11.3 Å². The average molecular weight is 402 g/mol. The summed E-state index contributed by atoms with van der Waals surface area (Å²) in [5.74, 6) is 2.37. The van der Waals surface area contributed by atoms with Crippen LogP contribution in [0.1, 0.15) is 18.9 Å². The molecule has 0 radical (unpaired) electrons. The molecule has 1 fully saturated rings. The van der Waals surface area contributed by atoms with Crippen LogP contribution in [0.15, 0.2) is 18.3 Å². The van der Waals surface area contributed by atoms with E-state index in [4.69, 9.17) is 14.2 Å². The van der Waals surface area contributed by atoms with Crippen molar-refractivity contribution < 1.29 is 19.0 Å². The minimum atomic E-state index is 0.257. The van der Waals surface area contributed by atoms with E-state index in [0.29, 0.717) is 29.6 Å². The quantitative estimate of drug-likeness (QED) is 0.694. The molecule has 0 saturated carbocycles. The van der Waals surface area contributed by atoms with Crippen LogP contribution in [-0.4, -0.2) is 73.9 Å². The molecule has 3 rings (SSSR count). The van der Waals surface area contributed by atoms with Gasteiger partial charge in [-0.25, -0.2) is 0 Å². The Kier molecular flexibility index (Phi) is 6.64. The van der Waals surface area contributed by atoms with Crippen LogP contribution in [0.5, 0.6) is 17.2 Å². The van der Waals surface area contributed by atoms with Crippen LogP contribution in [0.3, 0.4) is 0 Å². The summed E-state index contributed by atoms with van der Waals surface area (Å²) in [7, 11) is 6.87. The van der Waals surface area contributed by atoms with Crippen molar-refractivity contribution in [3.8, 4) is 28.5 Å². The van der Waals surface area contributed by atoms with E-state index in [1.54, 1.807) is 21.3 Å². The van der Waals surface area contributed by atoms with E-state index >= 15 is 0 Å². The zero-order valence-electron chi connectivity index (χ0n) is 17.8. The lowest BCUT2D eigenvalue weighted by Gasteiger charge is -2.21. The molecule has 158 valence electrons. The summed E-state index contributed by atoms with van der Waals surface area (Å²) >= 11 is 0. The number of hydrogen-bond acceptors (Lipinski definition) is 6. The molecule has 29 heavy (non-hydrogen) atoms. The summed E-state index contributed by atoms with van der Waals surface area (Å²) in [6, 6.07) is 3.82. The zero-order chi connectivity index (χ0) is 21.0. The molecule has 0 bridgehead atoms. The number of H-pyrrole nitrogens is 1. The van der Waals surface area contributed by atoms with Crippen LogP contribution in [-0.2, 0) is 11.3 Å². The predicted molar refractivity (Wildman–Crippen MR) is 110 cm³/mol. The summed E-state index contributed by atoms with van der Waals surface area (Å²) < 4.78 is 16.4. The second-order valence-corrected chi connectivity index (χ2v) is 7.38. The highest BCUT2D eigenvalue weighted by atomic mass is 16.5. The number of amides is 1. The molecule has 1 N–H and O–H groups in total. The van der Waals surface area contributed by atoms with Crippen molar-refractivity contribution in [2.75, 3.05) is 48.0 Å². The van der Waals surface area contributed by atoms with Crippen LogP contribution in [0.4, 0.5) is 0 Å². The van der Waals surface area contributed by atoms with Gasteiger partial charge < -0.3 is 24.0 Å². The molecule has 1 amide bonds. The van der Waals surface area contributed by atoms with Crippen molar-refractivity contribution in [3.63, 3.8) is 0 Å². The van der Waals surface area contributed by atoms with Gasteiger partial charge in [0.05, 0.1) is 33.2 Å². The van der Waals surface area contributed by atoms with Gasteiger partial charge in [-0.05, 0) is 32.0 Å². The summed E-state index contributed by atoms with van der Waals surface area (Å²) in [5.41, 5.74) is 2.89. The maximum absolute atomic E-state index is 12.0. The number of aromatic amines is 1. The van der Waals surface area contributed by atoms with Crippen molar-refractivity contribution in [1.29, 1.82) is 0 Å². The van der Waals surface area contributed by atoms with Crippen LogP contribution >= 0.6 is 0 Å². The first-order chi connectivity index (χ1) is 14.0. The van der Waals surface area contributed by atoms with E-state index in [0.717, 1.165) is 43.0 Å². The smallest absolute Gasteiger partial charge is 0.222 e. The topological polar surface area (TPSA) is 79.9 Å². The third kappa shape index (κ3) is 4.48. The first-order valence-corrected chi connectivity index (χ1v) is 9.79. The third-order valence-corrected chi connectivity index (χ3v) is 5.36. The molecule has 8 heteroatoms. The van der Waals surface area contributed by atoms with Gasteiger partial charge in [0.25, 0.3) is 0 Å². The summed E-state index contributed by atoms with van der Waals surface area (Å²) in [5, 5.41) is 7.34. The number of aromatic nitrogens is 2. The number of rotatable bonds is 9. The van der Waals surface area contributed by atoms with Crippen LogP contribution in [0.2, 0.25) is 0 Å². The molecule has 1 aromatic heterocycles. The number of ether oxygens (including phenoxy) is 3. The van der Waals surface area contributed by atoms with Gasteiger partial charge in [-0.15, -0.1) is 0 Å². The molecule has 1 aromatic carbocycles. The Labute approximate surface area is 171 Å². The number of hydrogen-bond donors (Lipinski definition) is 1. The Hall–Kier alpha value is -2.74. The molecule has 1 aliphatic heterocycles. The van der Waals surface area contributed by atoms with E-state index in [1.807, 2.05) is 30.2 Å². The molecular weight excluding hydrogens is 372 g/mol.